The molecule has 2 aromatic heterocycles. The van der Waals surface area contributed by atoms with E-state index < -0.39 is 0 Å². The molecule has 4 aromatic rings. The van der Waals surface area contributed by atoms with E-state index >= 15 is 0 Å². The minimum atomic E-state index is -0.328. The van der Waals surface area contributed by atoms with Crippen LogP contribution in [0.25, 0.3) is 17.1 Å². The van der Waals surface area contributed by atoms with E-state index in [9.17, 15) is 4.39 Å². The minimum Gasteiger partial charge on any atom is -0.444 e. The molecule has 0 N–H and O–H groups in total. The van der Waals surface area contributed by atoms with Gasteiger partial charge in [-0.05, 0) is 63.5 Å². The third-order valence-corrected chi connectivity index (χ3v) is 6.08. The number of nitrogens with zero attached hydrogens (tertiary/aromatic N) is 5. The lowest BCUT2D eigenvalue weighted by atomic mass is 10.2. The Hall–Kier alpha value is -2.68. The highest BCUT2D eigenvalue weighted by molar-refractivity contribution is 7.98. The predicted molar refractivity (Wildman–Crippen MR) is 120 cm³/mol. The SMILES string of the molecule is C[C@@H](c1nnc(SCc2coc(-c3cccc(F)c3)n2)n1-c1ccc(Cl)cc1)N(C)C. The number of benzene rings is 2. The fourth-order valence-corrected chi connectivity index (χ4v) is 3.94. The Labute approximate surface area is 189 Å². The molecule has 0 saturated carbocycles. The zero-order chi connectivity index (χ0) is 22.0. The molecule has 0 unspecified atom stereocenters. The van der Waals surface area contributed by atoms with E-state index in [1.54, 1.807) is 18.4 Å². The van der Waals surface area contributed by atoms with Gasteiger partial charge in [-0.15, -0.1) is 10.2 Å². The van der Waals surface area contributed by atoms with Gasteiger partial charge in [-0.25, -0.2) is 9.37 Å². The number of oxazole rings is 1. The highest BCUT2D eigenvalue weighted by Gasteiger charge is 2.21. The number of hydrogen-bond donors (Lipinski definition) is 0. The van der Waals surface area contributed by atoms with Crippen molar-refractivity contribution in [3.8, 4) is 17.1 Å². The maximum Gasteiger partial charge on any atom is 0.226 e. The van der Waals surface area contributed by atoms with Gasteiger partial charge in [0.15, 0.2) is 11.0 Å². The maximum atomic E-state index is 13.5. The van der Waals surface area contributed by atoms with Crippen LogP contribution in [0.2, 0.25) is 5.02 Å². The summed E-state index contributed by atoms with van der Waals surface area (Å²) in [6, 6.07) is 13.8. The van der Waals surface area contributed by atoms with Crippen LogP contribution in [0.15, 0.2) is 64.4 Å². The van der Waals surface area contributed by atoms with Crippen LogP contribution >= 0.6 is 23.4 Å². The van der Waals surface area contributed by atoms with Crippen LogP contribution in [0.3, 0.4) is 0 Å². The molecule has 9 heteroatoms. The van der Waals surface area contributed by atoms with Crippen LogP contribution in [0.4, 0.5) is 4.39 Å². The second-order valence-corrected chi connectivity index (χ2v) is 8.61. The molecule has 0 aliphatic carbocycles. The van der Waals surface area contributed by atoms with Crippen molar-refractivity contribution >= 4 is 23.4 Å². The zero-order valence-corrected chi connectivity index (χ0v) is 18.9. The van der Waals surface area contributed by atoms with Crippen molar-refractivity contribution in [2.45, 2.75) is 23.9 Å². The highest BCUT2D eigenvalue weighted by atomic mass is 35.5. The standard InChI is InChI=1S/C22H21ClFN5OS/c1-14(28(2)3)20-26-27-22(29(20)19-9-7-16(23)8-10-19)31-13-18-12-30-21(25-18)15-5-4-6-17(24)11-15/h4-12,14H,13H2,1-3H3/t14-/m0/s1. The second-order valence-electron chi connectivity index (χ2n) is 7.24. The summed E-state index contributed by atoms with van der Waals surface area (Å²) in [6.07, 6.45) is 1.58. The van der Waals surface area contributed by atoms with E-state index in [-0.39, 0.29) is 11.9 Å². The van der Waals surface area contributed by atoms with Gasteiger partial charge in [0.2, 0.25) is 5.89 Å². The monoisotopic (exact) mass is 457 g/mol. The number of aromatic nitrogens is 4. The molecule has 4 rings (SSSR count). The van der Waals surface area contributed by atoms with E-state index in [0.717, 1.165) is 22.4 Å². The summed E-state index contributed by atoms with van der Waals surface area (Å²) in [5.41, 5.74) is 2.26. The van der Waals surface area contributed by atoms with Gasteiger partial charge >= 0.3 is 0 Å². The van der Waals surface area contributed by atoms with Gasteiger partial charge in [0, 0.05) is 22.0 Å². The van der Waals surface area contributed by atoms with E-state index in [1.165, 1.54) is 23.9 Å². The number of halogens is 2. The topological polar surface area (TPSA) is 60.0 Å². The molecule has 0 saturated heterocycles. The van der Waals surface area contributed by atoms with E-state index in [4.69, 9.17) is 16.0 Å². The van der Waals surface area contributed by atoms with Crippen LogP contribution in [0, 0.1) is 5.82 Å². The number of rotatable bonds is 7. The van der Waals surface area contributed by atoms with Crippen LogP contribution < -0.4 is 0 Å². The van der Waals surface area contributed by atoms with Crippen molar-refractivity contribution in [1.29, 1.82) is 0 Å². The zero-order valence-electron chi connectivity index (χ0n) is 17.3. The molecule has 0 aliphatic heterocycles. The average molecular weight is 458 g/mol. The van der Waals surface area contributed by atoms with Gasteiger partial charge in [-0.3, -0.25) is 9.47 Å². The largest absolute Gasteiger partial charge is 0.444 e. The summed E-state index contributed by atoms with van der Waals surface area (Å²) in [5, 5.41) is 10.3. The molecular formula is C22H21ClFN5OS. The Kier molecular flexibility index (Phi) is 6.41. The van der Waals surface area contributed by atoms with Crippen molar-refractivity contribution in [2.24, 2.45) is 0 Å². The molecule has 2 heterocycles. The molecule has 31 heavy (non-hydrogen) atoms. The Morgan fingerprint density at radius 3 is 2.65 bits per heavy atom. The molecule has 0 bridgehead atoms. The van der Waals surface area contributed by atoms with Crippen LogP contribution in [-0.2, 0) is 5.75 Å². The van der Waals surface area contributed by atoms with Gasteiger partial charge in [0.1, 0.15) is 12.1 Å². The summed E-state index contributed by atoms with van der Waals surface area (Å²) in [4.78, 5) is 6.56. The molecule has 6 nitrogen and oxygen atoms in total. The molecule has 0 aliphatic rings. The van der Waals surface area contributed by atoms with Crippen molar-refractivity contribution in [3.05, 3.63) is 77.2 Å². The molecule has 1 atom stereocenters. The first-order chi connectivity index (χ1) is 14.9. The smallest absolute Gasteiger partial charge is 0.226 e. The summed E-state index contributed by atoms with van der Waals surface area (Å²) in [6.45, 7) is 2.08. The minimum absolute atomic E-state index is 0.0594. The van der Waals surface area contributed by atoms with E-state index in [2.05, 4.69) is 27.0 Å². The molecule has 0 radical (unpaired) electrons. The van der Waals surface area contributed by atoms with Crippen molar-refractivity contribution < 1.29 is 8.81 Å². The first-order valence-corrected chi connectivity index (χ1v) is 11.0. The van der Waals surface area contributed by atoms with Crippen LogP contribution in [0.1, 0.15) is 24.5 Å². The number of hydrogen-bond acceptors (Lipinski definition) is 6. The first kappa shape index (κ1) is 21.5. The second kappa shape index (κ2) is 9.21. The molecule has 160 valence electrons. The van der Waals surface area contributed by atoms with Crippen molar-refractivity contribution in [1.82, 2.24) is 24.6 Å². The van der Waals surface area contributed by atoms with E-state index in [0.29, 0.717) is 22.2 Å². The van der Waals surface area contributed by atoms with Crippen LogP contribution in [0.5, 0.6) is 0 Å². The Morgan fingerprint density at radius 1 is 1.16 bits per heavy atom. The highest BCUT2D eigenvalue weighted by Crippen LogP contribution is 2.30. The maximum absolute atomic E-state index is 13.5. The van der Waals surface area contributed by atoms with Gasteiger partial charge in [0.05, 0.1) is 11.7 Å². The summed E-state index contributed by atoms with van der Waals surface area (Å²) in [5.74, 6) is 1.41. The molecule has 0 spiro atoms. The normalized spacial score (nSPS) is 12.5. The van der Waals surface area contributed by atoms with Gasteiger partial charge < -0.3 is 4.42 Å². The Bertz CT molecular complexity index is 1170. The molecule has 2 aromatic carbocycles. The van der Waals surface area contributed by atoms with Gasteiger partial charge in [-0.1, -0.05) is 29.4 Å². The van der Waals surface area contributed by atoms with Gasteiger partial charge in [-0.2, -0.15) is 0 Å². The molecular weight excluding hydrogens is 437 g/mol. The molecule has 0 fully saturated rings. The first-order valence-electron chi connectivity index (χ1n) is 9.63. The Morgan fingerprint density at radius 2 is 1.94 bits per heavy atom. The number of thioether (sulfide) groups is 1. The fourth-order valence-electron chi connectivity index (χ4n) is 2.97. The third kappa shape index (κ3) is 4.81. The van der Waals surface area contributed by atoms with E-state index in [1.807, 2.05) is 42.9 Å². The molecule has 0 amide bonds. The summed E-state index contributed by atoms with van der Waals surface area (Å²) < 4.78 is 21.0. The van der Waals surface area contributed by atoms with Crippen molar-refractivity contribution in [2.75, 3.05) is 14.1 Å². The quantitative estimate of drug-likeness (QED) is 0.335. The van der Waals surface area contributed by atoms with Crippen LogP contribution in [-0.4, -0.2) is 38.7 Å². The lowest BCUT2D eigenvalue weighted by molar-refractivity contribution is 0.305. The van der Waals surface area contributed by atoms with Gasteiger partial charge in [0.25, 0.3) is 0 Å². The third-order valence-electron chi connectivity index (χ3n) is 4.86. The van der Waals surface area contributed by atoms with Crippen molar-refractivity contribution in [3.63, 3.8) is 0 Å². The summed E-state index contributed by atoms with van der Waals surface area (Å²) in [7, 11) is 4.00. The Balaban J connectivity index is 1.59. The lowest BCUT2D eigenvalue weighted by Crippen LogP contribution is -2.20. The average Bonchev–Trinajstić information content (AvgIpc) is 3.39. The fraction of sp³-hybridized carbons (Fsp3) is 0.227. The lowest BCUT2D eigenvalue weighted by Gasteiger charge is -2.20. The predicted octanol–water partition coefficient (Wildman–Crippen LogP) is 5.63. The summed E-state index contributed by atoms with van der Waals surface area (Å²) >= 11 is 7.58.